The Balaban J connectivity index is 1.48. The molecule has 0 heterocycles. The number of aliphatic hydroxyl groups excluding tert-OH is 1. The van der Waals surface area contributed by atoms with Crippen molar-refractivity contribution in [3.05, 3.63) is 75.9 Å². The van der Waals surface area contributed by atoms with Gasteiger partial charge < -0.3 is 26.5 Å². The topological polar surface area (TPSA) is 126 Å². The summed E-state index contributed by atoms with van der Waals surface area (Å²) in [7, 11) is 0. The molecule has 0 spiro atoms. The number of hydrogen-bond acceptors (Lipinski definition) is 6. The third-order valence-electron chi connectivity index (χ3n) is 6.50. The van der Waals surface area contributed by atoms with Gasteiger partial charge in [-0.3, -0.25) is 14.9 Å². The Morgan fingerprint density at radius 2 is 1.92 bits per heavy atom. The molecule has 1 atom stereocenters. The summed E-state index contributed by atoms with van der Waals surface area (Å²) < 4.78 is 0. The largest absolute Gasteiger partial charge is 0.388 e. The van der Waals surface area contributed by atoms with Crippen LogP contribution >= 0.6 is 11.6 Å². The van der Waals surface area contributed by atoms with Gasteiger partial charge in [-0.2, -0.15) is 0 Å². The summed E-state index contributed by atoms with van der Waals surface area (Å²) in [6.07, 6.45) is 11.1. The van der Waals surface area contributed by atoms with E-state index in [9.17, 15) is 14.7 Å². The first kappa shape index (κ1) is 26.4. The molecule has 0 radical (unpaired) electrons. The fraction of sp³-hybridized carbons (Fsp3) is 0.321. The first-order valence-electron chi connectivity index (χ1n) is 12.2. The number of halogens is 1. The van der Waals surface area contributed by atoms with Crippen LogP contribution in [0.3, 0.4) is 0 Å². The molecule has 6 N–H and O–H groups in total. The van der Waals surface area contributed by atoms with Crippen LogP contribution in [-0.4, -0.2) is 35.7 Å². The number of benzene rings is 2. The Morgan fingerprint density at radius 1 is 1.19 bits per heavy atom. The maximum Gasteiger partial charge on any atom is 0.310 e. The molecule has 0 bridgehead atoms. The third-order valence-corrected chi connectivity index (χ3v) is 6.72. The fourth-order valence-corrected chi connectivity index (χ4v) is 4.34. The van der Waals surface area contributed by atoms with Crippen LogP contribution in [0.4, 0.5) is 0 Å². The maximum atomic E-state index is 12.1. The van der Waals surface area contributed by atoms with Crippen molar-refractivity contribution in [1.29, 1.82) is 5.41 Å². The molecule has 8 nitrogen and oxygen atoms in total. The minimum Gasteiger partial charge on any atom is -0.388 e. The zero-order valence-corrected chi connectivity index (χ0v) is 21.1. The Labute approximate surface area is 221 Å². The van der Waals surface area contributed by atoms with Gasteiger partial charge in [0.2, 0.25) is 0 Å². The van der Waals surface area contributed by atoms with Crippen LogP contribution in [0.25, 0.3) is 5.57 Å². The highest BCUT2D eigenvalue weighted by atomic mass is 35.5. The highest BCUT2D eigenvalue weighted by Crippen LogP contribution is 2.48. The van der Waals surface area contributed by atoms with Crippen molar-refractivity contribution in [2.45, 2.75) is 50.0 Å². The van der Waals surface area contributed by atoms with E-state index in [2.05, 4.69) is 27.2 Å². The predicted molar refractivity (Wildman–Crippen MR) is 144 cm³/mol. The van der Waals surface area contributed by atoms with Crippen LogP contribution in [-0.2, 0) is 21.7 Å². The van der Waals surface area contributed by atoms with E-state index in [-0.39, 0.29) is 13.1 Å². The Kier molecular flexibility index (Phi) is 8.29. The molecule has 0 aliphatic heterocycles. The predicted octanol–water partition coefficient (Wildman–Crippen LogP) is 2.72. The average Bonchev–Trinajstić information content (AvgIpc) is 3.83. The summed E-state index contributed by atoms with van der Waals surface area (Å²) in [5, 5.41) is 31.1. The highest BCUT2D eigenvalue weighted by Gasteiger charge is 2.46. The second-order valence-corrected chi connectivity index (χ2v) is 9.75. The van der Waals surface area contributed by atoms with Crippen LogP contribution in [0.1, 0.15) is 54.2 Å². The lowest BCUT2D eigenvalue weighted by Gasteiger charge is -2.25. The summed E-state index contributed by atoms with van der Waals surface area (Å²) in [5.41, 5.74) is 3.29. The molecule has 2 aliphatic rings. The zero-order chi connectivity index (χ0) is 26.4. The number of hydrogen-bond donors (Lipinski definition) is 6. The second kappa shape index (κ2) is 11.6. The van der Waals surface area contributed by atoms with E-state index in [1.54, 1.807) is 24.3 Å². The van der Waals surface area contributed by atoms with E-state index in [0.717, 1.165) is 42.4 Å². The van der Waals surface area contributed by atoms with E-state index in [1.807, 2.05) is 24.4 Å². The van der Waals surface area contributed by atoms with Gasteiger partial charge in [-0.05, 0) is 60.6 Å². The molecule has 2 aliphatic carbocycles. The van der Waals surface area contributed by atoms with Crippen molar-refractivity contribution in [3.63, 3.8) is 0 Å². The monoisotopic (exact) mass is 519 g/mol. The molecular weight excluding hydrogens is 490 g/mol. The number of nitrogens with one attached hydrogen (secondary N) is 5. The smallest absolute Gasteiger partial charge is 0.310 e. The van der Waals surface area contributed by atoms with Crippen molar-refractivity contribution in [2.24, 2.45) is 0 Å². The molecule has 2 aromatic rings. The van der Waals surface area contributed by atoms with Gasteiger partial charge in [0.15, 0.2) is 0 Å². The molecule has 1 unspecified atom stereocenters. The minimum absolute atomic E-state index is 0.0348. The van der Waals surface area contributed by atoms with Crippen LogP contribution in [0.2, 0.25) is 5.02 Å². The summed E-state index contributed by atoms with van der Waals surface area (Å²) in [4.78, 5) is 23.8. The van der Waals surface area contributed by atoms with Crippen LogP contribution in [0, 0.1) is 17.8 Å². The molecule has 0 saturated heterocycles. The lowest BCUT2D eigenvalue weighted by Crippen LogP contribution is -2.40. The average molecular weight is 520 g/mol. The summed E-state index contributed by atoms with van der Waals surface area (Å²) in [5.74, 6) is 0.629. The standard InChI is InChI=1S/C28H30ClN5O3/c1-2-11-31-26(36)27(37)33-16-18-5-3-4-6-24(18)25(35)34-28(9-10-28)21-12-19(13-22(29)14-21)20(15-30)17-32-23-7-8-23/h1,3-6,12-15,17,23,25,30,32,34-35H,7-11,16H2,(H,31,36)(H,33,37)/b20-17+,30-15?. The quantitative estimate of drug-likeness (QED) is 0.118. The number of allylic oxidation sites excluding steroid dienone is 1. The molecule has 2 fully saturated rings. The first-order chi connectivity index (χ1) is 17.8. The van der Waals surface area contributed by atoms with Crippen molar-refractivity contribution in [1.82, 2.24) is 21.3 Å². The molecule has 9 heteroatoms. The van der Waals surface area contributed by atoms with Crippen LogP contribution in [0.5, 0.6) is 0 Å². The van der Waals surface area contributed by atoms with Crippen LogP contribution in [0.15, 0.2) is 48.7 Å². The third kappa shape index (κ3) is 6.77. The maximum absolute atomic E-state index is 12.1. The molecule has 0 aromatic heterocycles. The number of aliphatic hydroxyl groups is 1. The van der Waals surface area contributed by atoms with Crippen molar-refractivity contribution in [3.8, 4) is 12.3 Å². The molecular formula is C28H30ClN5O3. The number of carbonyl (C=O) groups excluding carboxylic acids is 2. The number of rotatable bonds is 11. The highest BCUT2D eigenvalue weighted by molar-refractivity contribution is 6.35. The van der Waals surface area contributed by atoms with E-state index in [1.165, 1.54) is 6.21 Å². The summed E-state index contributed by atoms with van der Waals surface area (Å²) >= 11 is 6.47. The molecule has 4 rings (SSSR count). The molecule has 2 aromatic carbocycles. The normalized spacial score (nSPS) is 16.7. The van der Waals surface area contributed by atoms with Gasteiger partial charge in [0, 0.05) is 46.7 Å². The lowest BCUT2D eigenvalue weighted by molar-refractivity contribution is -0.139. The van der Waals surface area contributed by atoms with Gasteiger partial charge in [-0.15, -0.1) is 6.42 Å². The van der Waals surface area contributed by atoms with Gasteiger partial charge >= 0.3 is 11.8 Å². The Hall–Kier alpha value is -3.64. The van der Waals surface area contributed by atoms with Crippen molar-refractivity contribution in [2.75, 3.05) is 6.54 Å². The van der Waals surface area contributed by atoms with E-state index in [0.29, 0.717) is 22.2 Å². The molecule has 37 heavy (non-hydrogen) atoms. The zero-order valence-electron chi connectivity index (χ0n) is 20.3. The summed E-state index contributed by atoms with van der Waals surface area (Å²) in [6.45, 7) is 0.0277. The van der Waals surface area contributed by atoms with Gasteiger partial charge in [-0.25, -0.2) is 0 Å². The van der Waals surface area contributed by atoms with Gasteiger partial charge in [0.05, 0.1) is 6.54 Å². The van der Waals surface area contributed by atoms with E-state index >= 15 is 0 Å². The van der Waals surface area contributed by atoms with Crippen molar-refractivity contribution < 1.29 is 14.7 Å². The first-order valence-corrected chi connectivity index (χ1v) is 12.5. The fourth-order valence-electron chi connectivity index (χ4n) is 4.11. The number of terminal acetylenes is 1. The van der Waals surface area contributed by atoms with E-state index < -0.39 is 23.6 Å². The summed E-state index contributed by atoms with van der Waals surface area (Å²) in [6, 6.07) is 13.4. The van der Waals surface area contributed by atoms with Crippen molar-refractivity contribution >= 4 is 35.2 Å². The Bertz CT molecular complexity index is 1260. The SMILES string of the molecule is C#CCNC(=O)C(=O)NCc1ccccc1C(O)NC1(c2cc(Cl)cc(/C(C=N)=C/NC3CC3)c2)CC1. The van der Waals surface area contributed by atoms with Gasteiger partial charge in [-0.1, -0.05) is 41.8 Å². The number of carbonyl (C=O) groups is 2. The van der Waals surface area contributed by atoms with Gasteiger partial charge in [0.25, 0.3) is 0 Å². The van der Waals surface area contributed by atoms with Gasteiger partial charge in [0.1, 0.15) is 6.23 Å². The second-order valence-electron chi connectivity index (χ2n) is 9.31. The number of amides is 2. The van der Waals surface area contributed by atoms with Crippen LogP contribution < -0.4 is 21.3 Å². The molecule has 2 amide bonds. The minimum atomic E-state index is -1.03. The molecule has 192 valence electrons. The Morgan fingerprint density at radius 3 is 2.59 bits per heavy atom. The van der Waals surface area contributed by atoms with E-state index in [4.69, 9.17) is 23.4 Å². The molecule has 2 saturated carbocycles. The lowest BCUT2D eigenvalue weighted by atomic mass is 9.97.